The minimum absolute atomic E-state index is 0.239. The molecule has 0 bridgehead atoms. The first-order valence-corrected chi connectivity index (χ1v) is 14.1. The van der Waals surface area contributed by atoms with Gasteiger partial charge in [0.25, 0.3) is 5.56 Å². The second-order valence-electron chi connectivity index (χ2n) is 11.2. The molecule has 212 valence electrons. The van der Waals surface area contributed by atoms with E-state index in [1.807, 2.05) is 149 Å². The van der Waals surface area contributed by atoms with Gasteiger partial charge in [-0.2, -0.15) is 0 Å². The van der Waals surface area contributed by atoms with E-state index in [1.54, 1.807) is 0 Å². The second-order valence-corrected chi connectivity index (χ2v) is 11.2. The monoisotopic (exact) mass is 557 g/mol. The van der Waals surface area contributed by atoms with Crippen LogP contribution in [0.4, 0.5) is 0 Å². The molecule has 1 N–H and O–H groups in total. The van der Waals surface area contributed by atoms with Crippen LogP contribution in [-0.2, 0) is 9.53 Å². The van der Waals surface area contributed by atoms with E-state index in [0.29, 0.717) is 22.7 Å². The molecule has 2 atom stereocenters. The maximum atomic E-state index is 14.2. The Hall–Kier alpha value is -4.97. The zero-order valence-electron chi connectivity index (χ0n) is 24.3. The fourth-order valence-electron chi connectivity index (χ4n) is 5.12. The number of aryl methyl sites for hydroxylation is 1. The molecular formula is C36H35N3O3. The van der Waals surface area contributed by atoms with Gasteiger partial charge in [-0.1, -0.05) is 109 Å². The molecule has 0 unspecified atom stereocenters. The highest BCUT2D eigenvalue weighted by Crippen LogP contribution is 2.33. The summed E-state index contributed by atoms with van der Waals surface area (Å²) >= 11 is 0. The van der Waals surface area contributed by atoms with Crippen LogP contribution in [0.15, 0.2) is 131 Å². The number of H-pyrrole nitrogens is 1. The van der Waals surface area contributed by atoms with Crippen molar-refractivity contribution in [3.05, 3.63) is 160 Å². The summed E-state index contributed by atoms with van der Waals surface area (Å²) in [6.45, 7) is 7.37. The number of aromatic nitrogens is 2. The predicted molar refractivity (Wildman–Crippen MR) is 168 cm³/mol. The number of nitrogens with zero attached hydrogens (tertiary/aromatic N) is 2. The summed E-state index contributed by atoms with van der Waals surface area (Å²) in [6, 6.07) is 37.5. The Bertz CT molecular complexity index is 1670. The molecule has 5 rings (SSSR count). The Morgan fingerprint density at radius 1 is 0.762 bits per heavy atom. The molecule has 0 fully saturated rings. The van der Waals surface area contributed by atoms with Crippen LogP contribution in [0.1, 0.15) is 54.6 Å². The Balaban J connectivity index is 1.79. The third kappa shape index (κ3) is 6.33. The lowest BCUT2D eigenvalue weighted by atomic mass is 9.84. The van der Waals surface area contributed by atoms with E-state index < -0.39 is 23.5 Å². The third-order valence-electron chi connectivity index (χ3n) is 6.93. The summed E-state index contributed by atoms with van der Waals surface area (Å²) < 4.78 is 7.52. The van der Waals surface area contributed by atoms with Crippen molar-refractivity contribution in [3.8, 4) is 5.69 Å². The van der Waals surface area contributed by atoms with Crippen molar-refractivity contribution in [3.63, 3.8) is 0 Å². The van der Waals surface area contributed by atoms with Crippen LogP contribution < -0.4 is 5.56 Å². The van der Waals surface area contributed by atoms with Crippen LogP contribution in [-0.4, -0.2) is 33.1 Å². The summed E-state index contributed by atoms with van der Waals surface area (Å²) in [6.07, 6.45) is 0. The van der Waals surface area contributed by atoms with Crippen molar-refractivity contribution in [2.24, 2.45) is 4.99 Å². The Morgan fingerprint density at radius 3 is 1.74 bits per heavy atom. The highest BCUT2D eigenvalue weighted by molar-refractivity contribution is 6.13. The Labute approximate surface area is 246 Å². The highest BCUT2D eigenvalue weighted by Gasteiger charge is 2.38. The van der Waals surface area contributed by atoms with Gasteiger partial charge in [-0.25, -0.2) is 9.48 Å². The largest absolute Gasteiger partial charge is 0.458 e. The van der Waals surface area contributed by atoms with E-state index in [1.165, 1.54) is 4.68 Å². The van der Waals surface area contributed by atoms with Gasteiger partial charge >= 0.3 is 5.97 Å². The minimum atomic E-state index is -1.06. The van der Waals surface area contributed by atoms with Gasteiger partial charge in [-0.15, -0.1) is 0 Å². The maximum absolute atomic E-state index is 14.2. The van der Waals surface area contributed by atoms with Crippen molar-refractivity contribution < 1.29 is 9.53 Å². The minimum Gasteiger partial charge on any atom is -0.458 e. The van der Waals surface area contributed by atoms with Gasteiger partial charge in [0.15, 0.2) is 6.04 Å². The van der Waals surface area contributed by atoms with E-state index in [0.717, 1.165) is 16.7 Å². The average Bonchev–Trinajstić information content (AvgIpc) is 3.29. The van der Waals surface area contributed by atoms with Crippen molar-refractivity contribution in [2.75, 3.05) is 0 Å². The van der Waals surface area contributed by atoms with Crippen LogP contribution in [0.25, 0.3) is 5.69 Å². The number of aromatic amines is 1. The fourth-order valence-corrected chi connectivity index (χ4v) is 5.12. The molecule has 0 saturated heterocycles. The summed E-state index contributed by atoms with van der Waals surface area (Å²) in [7, 11) is 0. The van der Waals surface area contributed by atoms with Crippen molar-refractivity contribution in [1.29, 1.82) is 0 Å². The number of para-hydroxylation sites is 1. The molecule has 6 heteroatoms. The van der Waals surface area contributed by atoms with Gasteiger partial charge in [0.2, 0.25) is 0 Å². The number of hydrogen-bond acceptors (Lipinski definition) is 4. The van der Waals surface area contributed by atoms with Gasteiger partial charge in [0.05, 0.1) is 11.4 Å². The van der Waals surface area contributed by atoms with Crippen LogP contribution in [0, 0.1) is 6.92 Å². The van der Waals surface area contributed by atoms with Gasteiger partial charge in [-0.3, -0.25) is 14.9 Å². The van der Waals surface area contributed by atoms with E-state index in [2.05, 4.69) is 5.10 Å². The fraction of sp³-hybridized carbons (Fsp3) is 0.194. The average molecular weight is 558 g/mol. The van der Waals surface area contributed by atoms with E-state index in [4.69, 9.17) is 9.73 Å². The first-order chi connectivity index (χ1) is 20.2. The molecule has 42 heavy (non-hydrogen) atoms. The van der Waals surface area contributed by atoms with E-state index in [-0.39, 0.29) is 5.56 Å². The number of nitrogens with one attached hydrogen (secondary N) is 1. The molecule has 0 aliphatic heterocycles. The van der Waals surface area contributed by atoms with Gasteiger partial charge in [0, 0.05) is 28.3 Å². The first kappa shape index (κ1) is 28.6. The molecule has 0 saturated carbocycles. The Morgan fingerprint density at radius 2 is 1.24 bits per heavy atom. The lowest BCUT2D eigenvalue weighted by Gasteiger charge is -2.28. The van der Waals surface area contributed by atoms with E-state index >= 15 is 0 Å². The number of benzene rings is 4. The molecule has 0 aliphatic carbocycles. The number of ether oxygens (including phenoxy) is 1. The lowest BCUT2D eigenvalue weighted by molar-refractivity contribution is -0.156. The standard InChI is InChI=1S/C36H35N3O3/c1-25-30(34(40)39(38-25)29-23-15-8-16-24-29)31(26-17-9-5-10-18-26)33(35(41)42-36(2,3)4)37-32(27-19-11-6-12-20-27)28-21-13-7-14-22-28/h5-24,31,33,38H,1-4H3/t31-,33+/m1/s1. The number of hydrogen-bond donors (Lipinski definition) is 1. The zero-order chi connectivity index (χ0) is 29.7. The number of esters is 1. The normalized spacial score (nSPS) is 12.8. The predicted octanol–water partition coefficient (Wildman–Crippen LogP) is 6.85. The molecule has 0 aliphatic rings. The Kier molecular flexibility index (Phi) is 8.34. The highest BCUT2D eigenvalue weighted by atomic mass is 16.6. The number of rotatable bonds is 8. The van der Waals surface area contributed by atoms with Crippen LogP contribution in [0.2, 0.25) is 0 Å². The number of carbonyl (C=O) groups excluding carboxylic acids is 1. The van der Waals surface area contributed by atoms with Crippen LogP contribution in [0.3, 0.4) is 0 Å². The van der Waals surface area contributed by atoms with Crippen molar-refractivity contribution in [1.82, 2.24) is 9.78 Å². The topological polar surface area (TPSA) is 76.5 Å². The summed E-state index contributed by atoms with van der Waals surface area (Å²) in [5.74, 6) is -1.23. The third-order valence-corrected chi connectivity index (χ3v) is 6.93. The first-order valence-electron chi connectivity index (χ1n) is 14.1. The zero-order valence-corrected chi connectivity index (χ0v) is 24.3. The molecule has 1 aromatic heterocycles. The van der Waals surface area contributed by atoms with Crippen molar-refractivity contribution in [2.45, 2.75) is 45.3 Å². The van der Waals surface area contributed by atoms with Crippen LogP contribution >= 0.6 is 0 Å². The number of aliphatic imine (C=N–C) groups is 1. The SMILES string of the molecule is Cc1[nH]n(-c2ccccc2)c(=O)c1[C@@H](c1ccccc1)[C@H](N=C(c1ccccc1)c1ccccc1)C(=O)OC(C)(C)C. The van der Waals surface area contributed by atoms with E-state index in [9.17, 15) is 9.59 Å². The van der Waals surface area contributed by atoms with Crippen LogP contribution in [0.5, 0.6) is 0 Å². The molecule has 1 heterocycles. The molecule has 6 nitrogen and oxygen atoms in total. The molecule has 0 spiro atoms. The molecular weight excluding hydrogens is 522 g/mol. The van der Waals surface area contributed by atoms with Gasteiger partial charge < -0.3 is 4.74 Å². The van der Waals surface area contributed by atoms with Gasteiger partial charge in [-0.05, 0) is 45.4 Å². The molecule has 0 radical (unpaired) electrons. The summed E-state index contributed by atoms with van der Waals surface area (Å²) in [4.78, 5) is 33.6. The molecule has 4 aromatic carbocycles. The smallest absolute Gasteiger partial charge is 0.332 e. The van der Waals surface area contributed by atoms with Crippen molar-refractivity contribution >= 4 is 11.7 Å². The molecule has 5 aromatic rings. The molecule has 0 amide bonds. The second kappa shape index (κ2) is 12.3. The number of carbonyl (C=O) groups is 1. The lowest BCUT2D eigenvalue weighted by Crippen LogP contribution is -2.37. The maximum Gasteiger partial charge on any atom is 0.332 e. The quantitative estimate of drug-likeness (QED) is 0.167. The summed E-state index contributed by atoms with van der Waals surface area (Å²) in [5, 5.41) is 3.24. The summed E-state index contributed by atoms with van der Waals surface area (Å²) in [5.41, 5.74) is 3.97. The van der Waals surface area contributed by atoms with Gasteiger partial charge in [0.1, 0.15) is 5.60 Å².